The first-order valence-electron chi connectivity index (χ1n) is 4.78. The fraction of sp³-hybridized carbons (Fsp3) is 0.200. The summed E-state index contributed by atoms with van der Waals surface area (Å²) in [5.41, 5.74) is 7.20. The molecule has 1 rings (SSSR count). The van der Waals surface area contributed by atoms with Gasteiger partial charge in [0.15, 0.2) is 11.9 Å². The molecule has 0 radical (unpaired) electrons. The van der Waals surface area contributed by atoms with Crippen molar-refractivity contribution in [3.8, 4) is 0 Å². The van der Waals surface area contributed by atoms with Crippen molar-refractivity contribution >= 4 is 40.2 Å². The lowest BCUT2D eigenvalue weighted by Crippen LogP contribution is -2.39. The molecule has 16 heavy (non-hydrogen) atoms. The molecule has 0 saturated heterocycles. The maximum Gasteiger partial charge on any atom is 0.199 e. The summed E-state index contributed by atoms with van der Waals surface area (Å²) in [4.78, 5) is 0. The predicted octanol–water partition coefficient (Wildman–Crippen LogP) is 1.68. The standard InChI is InChI=1S/C10H14IN5/c1-2-6-3-4-8(7(11)5-6)15-10(14)16-9(12)13/h3-5H,2H2,1H3,(H6,12,13,14,15,16). The van der Waals surface area contributed by atoms with Crippen LogP contribution in [-0.2, 0) is 6.42 Å². The van der Waals surface area contributed by atoms with Crippen molar-refractivity contribution in [1.82, 2.24) is 5.32 Å². The highest BCUT2D eigenvalue weighted by Gasteiger charge is 2.03. The summed E-state index contributed by atoms with van der Waals surface area (Å²) in [5.74, 6) is -0.257. The van der Waals surface area contributed by atoms with Crippen molar-refractivity contribution in [3.63, 3.8) is 0 Å². The van der Waals surface area contributed by atoms with Crippen LogP contribution in [0.1, 0.15) is 12.5 Å². The lowest BCUT2D eigenvalue weighted by molar-refractivity contribution is 1.14. The van der Waals surface area contributed by atoms with Gasteiger partial charge in [-0.25, -0.2) is 0 Å². The Kier molecular flexibility index (Phi) is 4.53. The van der Waals surface area contributed by atoms with Crippen molar-refractivity contribution in [2.24, 2.45) is 5.73 Å². The third kappa shape index (κ3) is 3.69. The van der Waals surface area contributed by atoms with Crippen LogP contribution in [0, 0.1) is 14.4 Å². The average Bonchev–Trinajstić information content (AvgIpc) is 2.19. The van der Waals surface area contributed by atoms with Crippen LogP contribution in [0.15, 0.2) is 18.2 Å². The Balaban J connectivity index is 2.74. The highest BCUT2D eigenvalue weighted by Crippen LogP contribution is 2.19. The van der Waals surface area contributed by atoms with E-state index in [0.29, 0.717) is 0 Å². The Morgan fingerprint density at radius 2 is 2.12 bits per heavy atom. The topological polar surface area (TPSA) is 97.8 Å². The van der Waals surface area contributed by atoms with Gasteiger partial charge in [0.1, 0.15) is 0 Å². The normalized spacial score (nSPS) is 9.62. The van der Waals surface area contributed by atoms with Crippen LogP contribution in [0.3, 0.4) is 0 Å². The van der Waals surface area contributed by atoms with Crippen molar-refractivity contribution in [2.75, 3.05) is 5.32 Å². The van der Waals surface area contributed by atoms with E-state index in [0.717, 1.165) is 15.7 Å². The molecule has 0 aliphatic heterocycles. The van der Waals surface area contributed by atoms with Crippen LogP contribution in [0.5, 0.6) is 0 Å². The van der Waals surface area contributed by atoms with Gasteiger partial charge in [0.05, 0.1) is 5.69 Å². The lowest BCUT2D eigenvalue weighted by atomic mass is 10.1. The third-order valence-corrected chi connectivity index (χ3v) is 2.85. The summed E-state index contributed by atoms with van der Waals surface area (Å²) >= 11 is 2.20. The van der Waals surface area contributed by atoms with Gasteiger partial charge in [0.25, 0.3) is 0 Å². The molecule has 0 spiro atoms. The van der Waals surface area contributed by atoms with Crippen molar-refractivity contribution in [2.45, 2.75) is 13.3 Å². The maximum absolute atomic E-state index is 7.51. The number of rotatable bonds is 2. The maximum atomic E-state index is 7.51. The molecule has 0 atom stereocenters. The monoisotopic (exact) mass is 331 g/mol. The van der Waals surface area contributed by atoms with Gasteiger partial charge in [-0.05, 0) is 46.7 Å². The predicted molar refractivity (Wildman–Crippen MR) is 74.9 cm³/mol. The van der Waals surface area contributed by atoms with Crippen molar-refractivity contribution in [3.05, 3.63) is 27.3 Å². The zero-order valence-electron chi connectivity index (χ0n) is 8.89. The molecule has 6 heteroatoms. The van der Waals surface area contributed by atoms with E-state index in [1.807, 2.05) is 12.1 Å². The lowest BCUT2D eigenvalue weighted by Gasteiger charge is -2.11. The summed E-state index contributed by atoms with van der Waals surface area (Å²) in [5, 5.41) is 19.7. The van der Waals surface area contributed by atoms with E-state index in [1.165, 1.54) is 5.56 Å². The fourth-order valence-corrected chi connectivity index (χ4v) is 1.90. The number of hydrogen-bond donors (Lipinski definition) is 5. The molecule has 6 N–H and O–H groups in total. The molecule has 0 aliphatic rings. The molecule has 86 valence electrons. The SMILES string of the molecule is CCc1ccc(NC(=N)NC(=N)N)c(I)c1. The summed E-state index contributed by atoms with van der Waals surface area (Å²) in [6.07, 6.45) is 0.986. The minimum absolute atomic E-state index is 0.00494. The van der Waals surface area contributed by atoms with Crippen molar-refractivity contribution < 1.29 is 0 Å². The van der Waals surface area contributed by atoms with Gasteiger partial charge in [-0.1, -0.05) is 13.0 Å². The first-order chi connectivity index (χ1) is 7.52. The number of benzene rings is 1. The van der Waals surface area contributed by atoms with E-state index in [1.54, 1.807) is 0 Å². The number of guanidine groups is 2. The van der Waals surface area contributed by atoms with Crippen molar-refractivity contribution in [1.29, 1.82) is 10.8 Å². The van der Waals surface area contributed by atoms with E-state index < -0.39 is 0 Å². The zero-order valence-corrected chi connectivity index (χ0v) is 11.1. The van der Waals surface area contributed by atoms with Crippen LogP contribution >= 0.6 is 22.6 Å². The number of hydrogen-bond acceptors (Lipinski definition) is 2. The van der Waals surface area contributed by atoms with Gasteiger partial charge in [0, 0.05) is 3.57 Å². The quantitative estimate of drug-likeness (QED) is 0.324. The molecule has 0 amide bonds. The molecule has 0 fully saturated rings. The Morgan fingerprint density at radius 1 is 1.44 bits per heavy atom. The van der Waals surface area contributed by atoms with Gasteiger partial charge in [-0.2, -0.15) is 0 Å². The largest absolute Gasteiger partial charge is 0.370 e. The number of anilines is 1. The number of aryl methyl sites for hydroxylation is 1. The van der Waals surface area contributed by atoms with Crippen LogP contribution in [0.4, 0.5) is 5.69 Å². The van der Waals surface area contributed by atoms with E-state index >= 15 is 0 Å². The fourth-order valence-electron chi connectivity index (χ4n) is 1.18. The molecule has 0 bridgehead atoms. The molecule has 5 nitrogen and oxygen atoms in total. The van der Waals surface area contributed by atoms with E-state index in [4.69, 9.17) is 16.6 Å². The second kappa shape index (κ2) is 5.69. The zero-order chi connectivity index (χ0) is 12.1. The number of nitrogens with two attached hydrogens (primary N) is 1. The first kappa shape index (κ1) is 12.8. The summed E-state index contributed by atoms with van der Waals surface area (Å²) in [6, 6.07) is 5.98. The van der Waals surface area contributed by atoms with Crippen LogP contribution in [0.2, 0.25) is 0 Å². The Labute approximate surface area is 108 Å². The molecular formula is C10H14IN5. The third-order valence-electron chi connectivity index (χ3n) is 1.96. The first-order valence-corrected chi connectivity index (χ1v) is 5.86. The van der Waals surface area contributed by atoms with Gasteiger partial charge >= 0.3 is 0 Å². The van der Waals surface area contributed by atoms with E-state index in [-0.39, 0.29) is 11.9 Å². The van der Waals surface area contributed by atoms with E-state index in [2.05, 4.69) is 46.2 Å². The Bertz CT molecular complexity index is 416. The summed E-state index contributed by atoms with van der Waals surface area (Å²) < 4.78 is 1.03. The molecule has 0 aromatic heterocycles. The highest BCUT2D eigenvalue weighted by molar-refractivity contribution is 14.1. The number of halogens is 1. The second-order valence-corrected chi connectivity index (χ2v) is 4.37. The molecule has 0 unspecified atom stereocenters. The average molecular weight is 331 g/mol. The minimum atomic E-state index is -0.252. The Hall–Kier alpha value is -1.31. The summed E-state index contributed by atoms with van der Waals surface area (Å²) in [6.45, 7) is 2.10. The van der Waals surface area contributed by atoms with Crippen LogP contribution < -0.4 is 16.4 Å². The van der Waals surface area contributed by atoms with E-state index in [9.17, 15) is 0 Å². The van der Waals surface area contributed by atoms with Crippen LogP contribution in [0.25, 0.3) is 0 Å². The Morgan fingerprint density at radius 3 is 2.62 bits per heavy atom. The van der Waals surface area contributed by atoms with Gasteiger partial charge < -0.3 is 11.1 Å². The molecule has 0 saturated carbocycles. The second-order valence-electron chi connectivity index (χ2n) is 3.21. The smallest absolute Gasteiger partial charge is 0.199 e. The molecule has 1 aromatic rings. The van der Waals surface area contributed by atoms with Gasteiger partial charge in [-0.3, -0.25) is 16.1 Å². The highest BCUT2D eigenvalue weighted by atomic mass is 127. The summed E-state index contributed by atoms with van der Waals surface area (Å²) in [7, 11) is 0. The molecule has 0 heterocycles. The molecular weight excluding hydrogens is 317 g/mol. The van der Waals surface area contributed by atoms with Gasteiger partial charge in [0.2, 0.25) is 0 Å². The van der Waals surface area contributed by atoms with Gasteiger partial charge in [-0.15, -0.1) is 0 Å². The minimum Gasteiger partial charge on any atom is -0.370 e. The van der Waals surface area contributed by atoms with Crippen LogP contribution in [-0.4, -0.2) is 11.9 Å². The molecule has 1 aromatic carbocycles. The molecule has 0 aliphatic carbocycles. The number of nitrogens with one attached hydrogen (secondary N) is 4.